The number of aliphatic imine (C=N–C) groups is 1. The second kappa shape index (κ2) is 4.85. The molecule has 5 heteroatoms. The Morgan fingerprint density at radius 2 is 2.36 bits per heavy atom. The number of hydrogen-bond acceptors (Lipinski definition) is 5. The van der Waals surface area contributed by atoms with E-state index in [2.05, 4.69) is 15.4 Å². The number of nitrogens with two attached hydrogens (primary N) is 1. The molecule has 0 aromatic carbocycles. The number of ketones is 1. The molecule has 1 saturated heterocycles. The molecule has 2 atom stereocenters. The third-order valence-electron chi connectivity index (χ3n) is 2.22. The maximum atomic E-state index is 11.3. The van der Waals surface area contributed by atoms with Gasteiger partial charge in [0.05, 0.1) is 11.8 Å². The number of hydrazone groups is 1. The summed E-state index contributed by atoms with van der Waals surface area (Å²) in [5, 5.41) is 6.88. The SMILES string of the molecule is CN=CC(=NN)[C@@H]1CC(=O)C[C@H](C)N1. The van der Waals surface area contributed by atoms with Crippen LogP contribution in [0.4, 0.5) is 0 Å². The van der Waals surface area contributed by atoms with Crippen LogP contribution < -0.4 is 11.2 Å². The van der Waals surface area contributed by atoms with Crippen molar-refractivity contribution in [3.05, 3.63) is 0 Å². The number of carbonyl (C=O) groups is 1. The second-order valence-corrected chi connectivity index (χ2v) is 3.51. The van der Waals surface area contributed by atoms with E-state index in [-0.39, 0.29) is 17.9 Å². The minimum Gasteiger partial charge on any atom is -0.323 e. The van der Waals surface area contributed by atoms with Gasteiger partial charge in [-0.05, 0) is 6.92 Å². The fourth-order valence-corrected chi connectivity index (χ4v) is 1.65. The van der Waals surface area contributed by atoms with Gasteiger partial charge >= 0.3 is 0 Å². The first-order valence-corrected chi connectivity index (χ1v) is 4.65. The van der Waals surface area contributed by atoms with E-state index in [0.29, 0.717) is 18.6 Å². The van der Waals surface area contributed by atoms with E-state index in [1.807, 2.05) is 6.92 Å². The van der Waals surface area contributed by atoms with Crippen LogP contribution in [0.25, 0.3) is 0 Å². The molecule has 14 heavy (non-hydrogen) atoms. The zero-order valence-electron chi connectivity index (χ0n) is 8.53. The van der Waals surface area contributed by atoms with E-state index in [9.17, 15) is 4.79 Å². The minimum atomic E-state index is -0.0834. The number of nitrogens with one attached hydrogen (secondary N) is 1. The number of Topliss-reactive ketones (excluding diaryl/α,β-unsaturated/α-hetero) is 1. The summed E-state index contributed by atoms with van der Waals surface area (Å²) in [6, 6.07) is 0.100. The fourth-order valence-electron chi connectivity index (χ4n) is 1.65. The highest BCUT2D eigenvalue weighted by molar-refractivity contribution is 6.33. The lowest BCUT2D eigenvalue weighted by Crippen LogP contribution is -2.49. The maximum absolute atomic E-state index is 11.3. The van der Waals surface area contributed by atoms with Crippen LogP contribution >= 0.6 is 0 Å². The summed E-state index contributed by atoms with van der Waals surface area (Å²) in [6.45, 7) is 1.97. The normalized spacial score (nSPS) is 29.9. The first-order valence-electron chi connectivity index (χ1n) is 4.65. The highest BCUT2D eigenvalue weighted by Crippen LogP contribution is 2.09. The minimum absolute atomic E-state index is 0.0834. The Hall–Kier alpha value is -1.23. The van der Waals surface area contributed by atoms with Crippen LogP contribution in [0.2, 0.25) is 0 Å². The van der Waals surface area contributed by atoms with Crippen LogP contribution in [0.1, 0.15) is 19.8 Å². The Labute approximate surface area is 83.5 Å². The molecule has 0 aliphatic carbocycles. The van der Waals surface area contributed by atoms with E-state index >= 15 is 0 Å². The summed E-state index contributed by atoms with van der Waals surface area (Å²) in [4.78, 5) is 15.2. The Morgan fingerprint density at radius 3 is 2.86 bits per heavy atom. The summed E-state index contributed by atoms with van der Waals surface area (Å²) >= 11 is 0. The first-order chi connectivity index (χ1) is 6.67. The van der Waals surface area contributed by atoms with Gasteiger partial charge in [-0.15, -0.1) is 0 Å². The summed E-state index contributed by atoms with van der Waals surface area (Å²) in [6.07, 6.45) is 2.62. The van der Waals surface area contributed by atoms with Gasteiger partial charge in [0.25, 0.3) is 0 Å². The topological polar surface area (TPSA) is 79.8 Å². The average molecular weight is 196 g/mol. The van der Waals surface area contributed by atoms with Gasteiger partial charge in [-0.25, -0.2) is 0 Å². The summed E-state index contributed by atoms with van der Waals surface area (Å²) in [7, 11) is 1.65. The predicted octanol–water partition coefficient (Wildman–Crippen LogP) is -0.289. The van der Waals surface area contributed by atoms with E-state index in [1.165, 1.54) is 0 Å². The number of nitrogens with zero attached hydrogens (tertiary/aromatic N) is 2. The lowest BCUT2D eigenvalue weighted by Gasteiger charge is -2.27. The molecule has 0 aromatic heterocycles. The van der Waals surface area contributed by atoms with Crippen molar-refractivity contribution in [1.82, 2.24) is 5.32 Å². The molecule has 0 spiro atoms. The molecule has 78 valence electrons. The number of hydrogen-bond donors (Lipinski definition) is 2. The van der Waals surface area contributed by atoms with Crippen LogP contribution in [0, 0.1) is 0 Å². The zero-order valence-corrected chi connectivity index (χ0v) is 8.53. The third-order valence-corrected chi connectivity index (χ3v) is 2.22. The van der Waals surface area contributed by atoms with Crippen LogP contribution in [0.5, 0.6) is 0 Å². The second-order valence-electron chi connectivity index (χ2n) is 3.51. The van der Waals surface area contributed by atoms with Crippen LogP contribution in [0.3, 0.4) is 0 Å². The zero-order chi connectivity index (χ0) is 10.6. The predicted molar refractivity (Wildman–Crippen MR) is 56.7 cm³/mol. The van der Waals surface area contributed by atoms with E-state index < -0.39 is 0 Å². The number of piperidine rings is 1. The van der Waals surface area contributed by atoms with Crippen molar-refractivity contribution in [3.63, 3.8) is 0 Å². The quantitative estimate of drug-likeness (QED) is 0.362. The highest BCUT2D eigenvalue weighted by Gasteiger charge is 2.26. The molecule has 1 rings (SSSR count). The van der Waals surface area contributed by atoms with Gasteiger partial charge < -0.3 is 11.2 Å². The lowest BCUT2D eigenvalue weighted by molar-refractivity contribution is -0.120. The molecule has 3 N–H and O–H groups in total. The Morgan fingerprint density at radius 1 is 1.64 bits per heavy atom. The van der Waals surface area contributed by atoms with E-state index in [1.54, 1.807) is 13.3 Å². The van der Waals surface area contributed by atoms with Crippen molar-refractivity contribution >= 4 is 17.7 Å². The van der Waals surface area contributed by atoms with Crippen LogP contribution in [-0.4, -0.2) is 36.8 Å². The molecular weight excluding hydrogens is 180 g/mol. The molecule has 1 aliphatic rings. The first kappa shape index (κ1) is 10.8. The Bertz CT molecular complexity index is 272. The van der Waals surface area contributed by atoms with E-state index in [4.69, 9.17) is 5.84 Å². The summed E-state index contributed by atoms with van der Waals surface area (Å²) < 4.78 is 0. The molecule has 0 saturated carbocycles. The lowest BCUT2D eigenvalue weighted by atomic mass is 9.95. The number of carbonyl (C=O) groups excluding carboxylic acids is 1. The Kier molecular flexibility index (Phi) is 3.76. The molecule has 1 aliphatic heterocycles. The molecule has 0 amide bonds. The largest absolute Gasteiger partial charge is 0.323 e. The van der Waals surface area contributed by atoms with E-state index in [0.717, 1.165) is 0 Å². The third kappa shape index (κ3) is 2.63. The molecule has 5 nitrogen and oxygen atoms in total. The standard InChI is InChI=1S/C9H16N4O/c1-6-3-7(14)4-8(12-6)9(13-10)5-11-2/h5-6,8,12H,3-4,10H2,1-2H3/t6-,8-/m0/s1. The van der Waals surface area contributed by atoms with Crippen molar-refractivity contribution in [3.8, 4) is 0 Å². The molecule has 1 fully saturated rings. The fraction of sp³-hybridized carbons (Fsp3) is 0.667. The van der Waals surface area contributed by atoms with Crippen molar-refractivity contribution < 1.29 is 4.79 Å². The maximum Gasteiger partial charge on any atom is 0.136 e. The molecular formula is C9H16N4O. The van der Waals surface area contributed by atoms with Crippen molar-refractivity contribution in [2.45, 2.75) is 31.8 Å². The van der Waals surface area contributed by atoms with Gasteiger partial charge in [0, 0.05) is 32.1 Å². The van der Waals surface area contributed by atoms with Crippen molar-refractivity contribution in [2.24, 2.45) is 15.9 Å². The van der Waals surface area contributed by atoms with Crippen LogP contribution in [-0.2, 0) is 4.79 Å². The van der Waals surface area contributed by atoms with Crippen LogP contribution in [0.15, 0.2) is 10.1 Å². The van der Waals surface area contributed by atoms with Crippen molar-refractivity contribution in [2.75, 3.05) is 7.05 Å². The average Bonchev–Trinajstić information content (AvgIpc) is 2.12. The highest BCUT2D eigenvalue weighted by atomic mass is 16.1. The van der Waals surface area contributed by atoms with Gasteiger partial charge in [0.15, 0.2) is 0 Å². The van der Waals surface area contributed by atoms with Crippen molar-refractivity contribution in [1.29, 1.82) is 0 Å². The van der Waals surface area contributed by atoms with Gasteiger partial charge in [-0.1, -0.05) is 0 Å². The molecule has 1 heterocycles. The monoisotopic (exact) mass is 196 g/mol. The van der Waals surface area contributed by atoms with Gasteiger partial charge in [0.1, 0.15) is 5.78 Å². The molecule has 0 aromatic rings. The van der Waals surface area contributed by atoms with Gasteiger partial charge in [-0.2, -0.15) is 5.10 Å². The van der Waals surface area contributed by atoms with Gasteiger partial charge in [-0.3, -0.25) is 9.79 Å². The van der Waals surface area contributed by atoms with Gasteiger partial charge in [0.2, 0.25) is 0 Å². The summed E-state index contributed by atoms with van der Waals surface area (Å²) in [5.41, 5.74) is 0.632. The summed E-state index contributed by atoms with van der Waals surface area (Å²) in [5.74, 6) is 5.47. The number of rotatable bonds is 2. The molecule has 0 radical (unpaired) electrons. The molecule has 0 unspecified atom stereocenters. The smallest absolute Gasteiger partial charge is 0.136 e. The molecule has 0 bridgehead atoms. The Balaban J connectivity index is 2.71.